The first kappa shape index (κ1) is 11.7. The van der Waals surface area contributed by atoms with Crippen molar-refractivity contribution in [3.63, 3.8) is 0 Å². The molecule has 0 atom stereocenters. The Kier molecular flexibility index (Phi) is 5.57. The van der Waals surface area contributed by atoms with Crippen LogP contribution in [0.3, 0.4) is 0 Å². The molecule has 1 aromatic carbocycles. The molecule has 0 saturated heterocycles. The Morgan fingerprint density at radius 3 is 2.46 bits per heavy atom. The van der Waals surface area contributed by atoms with Gasteiger partial charge < -0.3 is 0 Å². The van der Waals surface area contributed by atoms with Crippen LogP contribution >= 0.6 is 26.3 Å². The van der Waals surface area contributed by atoms with E-state index in [0.717, 1.165) is 6.42 Å². The first-order valence-electron chi connectivity index (χ1n) is 3.99. The maximum atomic E-state index is 3.19. The van der Waals surface area contributed by atoms with E-state index in [1.165, 1.54) is 16.7 Å². The number of rotatable bonds is 0. The second-order valence-electron chi connectivity index (χ2n) is 2.94. The summed E-state index contributed by atoms with van der Waals surface area (Å²) in [7, 11) is 0. The van der Waals surface area contributed by atoms with Crippen LogP contribution in [0.15, 0.2) is 29.8 Å². The molecular formula is C10H10Br2Ti. The quantitative estimate of drug-likeness (QED) is 0.618. The molecule has 0 aromatic heterocycles. The minimum absolute atomic E-state index is 0.125. The molecule has 0 nitrogen and oxygen atoms in total. The van der Waals surface area contributed by atoms with Crippen LogP contribution < -0.4 is 0 Å². The van der Waals surface area contributed by atoms with Crippen molar-refractivity contribution in [2.45, 2.75) is 13.3 Å². The Morgan fingerprint density at radius 1 is 1.23 bits per heavy atom. The Labute approximate surface area is 101 Å². The van der Waals surface area contributed by atoms with Crippen molar-refractivity contribution in [1.29, 1.82) is 0 Å². The van der Waals surface area contributed by atoms with E-state index in [4.69, 9.17) is 0 Å². The summed E-state index contributed by atoms with van der Waals surface area (Å²) in [6, 6.07) is 8.56. The predicted molar refractivity (Wildman–Crippen MR) is 61.7 cm³/mol. The first-order chi connectivity index (χ1) is 6.27. The molecule has 0 saturated carbocycles. The molecule has 0 radical (unpaired) electrons. The van der Waals surface area contributed by atoms with Crippen LogP contribution in [0.1, 0.15) is 18.1 Å². The third-order valence-electron chi connectivity index (χ3n) is 1.93. The Morgan fingerprint density at radius 2 is 1.85 bits per heavy atom. The zero-order valence-corrected chi connectivity index (χ0v) is 12.1. The van der Waals surface area contributed by atoms with E-state index in [-0.39, 0.29) is 15.0 Å². The van der Waals surface area contributed by atoms with Crippen LogP contribution in [0.25, 0.3) is 6.08 Å². The Hall–Kier alpha value is 0.634. The van der Waals surface area contributed by atoms with E-state index in [1.807, 2.05) is 0 Å². The average Bonchev–Trinajstić information content (AvgIpc) is 2.45. The van der Waals surface area contributed by atoms with E-state index in [2.05, 4.69) is 63.6 Å². The molecule has 2 rings (SSSR count). The second-order valence-corrected chi connectivity index (χ2v) is 10.8. The molecule has 0 aliphatic heterocycles. The molecule has 0 spiro atoms. The van der Waals surface area contributed by atoms with Gasteiger partial charge in [-0.2, -0.15) is 0 Å². The topological polar surface area (TPSA) is 0 Å². The first-order valence-corrected chi connectivity index (χ1v) is 11.7. The summed E-state index contributed by atoms with van der Waals surface area (Å²) in [5, 5.41) is 0. The van der Waals surface area contributed by atoms with Crippen molar-refractivity contribution >= 4 is 32.4 Å². The van der Waals surface area contributed by atoms with Gasteiger partial charge in [0.1, 0.15) is 0 Å². The van der Waals surface area contributed by atoms with Gasteiger partial charge in [0.25, 0.3) is 0 Å². The van der Waals surface area contributed by atoms with Crippen LogP contribution in [-0.4, -0.2) is 0 Å². The van der Waals surface area contributed by atoms with E-state index < -0.39 is 0 Å². The van der Waals surface area contributed by atoms with E-state index in [0.29, 0.717) is 0 Å². The Balaban J connectivity index is 0.000000251. The average molecular weight is 338 g/mol. The van der Waals surface area contributed by atoms with Crippen molar-refractivity contribution in [2.24, 2.45) is 0 Å². The zero-order chi connectivity index (χ0) is 9.68. The van der Waals surface area contributed by atoms with Crippen LogP contribution in [0.4, 0.5) is 0 Å². The van der Waals surface area contributed by atoms with E-state index in [1.54, 1.807) is 0 Å². The molecule has 3 heteroatoms. The van der Waals surface area contributed by atoms with Gasteiger partial charge in [0, 0.05) is 0 Å². The van der Waals surface area contributed by atoms with Gasteiger partial charge >= 0.3 is 41.3 Å². The summed E-state index contributed by atoms with van der Waals surface area (Å²) < 4.78 is 0. The van der Waals surface area contributed by atoms with E-state index in [9.17, 15) is 0 Å². The number of halogens is 2. The number of benzene rings is 1. The molecule has 0 heterocycles. The number of allylic oxidation sites excluding steroid dienone is 1. The van der Waals surface area contributed by atoms with Crippen molar-refractivity contribution in [3.05, 3.63) is 41.0 Å². The van der Waals surface area contributed by atoms with Gasteiger partial charge in [-0.15, -0.1) is 0 Å². The van der Waals surface area contributed by atoms with Gasteiger partial charge in [0.2, 0.25) is 0 Å². The third kappa shape index (κ3) is 3.71. The third-order valence-corrected chi connectivity index (χ3v) is 1.93. The van der Waals surface area contributed by atoms with Crippen LogP contribution in [0.2, 0.25) is 0 Å². The standard InChI is InChI=1S/C10H10.2BrH.Ti/c1-8-6-9-4-2-3-5-10(9)7-8;;;/h2-6H,7H2,1H3;2*1H;/q;;;+2/p-2. The van der Waals surface area contributed by atoms with Gasteiger partial charge in [-0.25, -0.2) is 0 Å². The fourth-order valence-corrected chi connectivity index (χ4v) is 1.45. The van der Waals surface area contributed by atoms with Crippen molar-refractivity contribution < 1.29 is 15.0 Å². The number of fused-ring (bicyclic) bond motifs is 1. The van der Waals surface area contributed by atoms with E-state index >= 15 is 0 Å². The second kappa shape index (κ2) is 6.18. The minimum atomic E-state index is 0.125. The maximum absolute atomic E-state index is 3.19. The molecule has 0 bridgehead atoms. The van der Waals surface area contributed by atoms with Crippen molar-refractivity contribution in [3.8, 4) is 0 Å². The monoisotopic (exact) mass is 336 g/mol. The molecule has 0 amide bonds. The molecule has 1 aliphatic rings. The molecule has 0 N–H and O–H groups in total. The van der Waals surface area contributed by atoms with Gasteiger partial charge in [-0.1, -0.05) is 35.9 Å². The molecule has 1 aromatic rings. The van der Waals surface area contributed by atoms with Crippen molar-refractivity contribution in [2.75, 3.05) is 0 Å². The fourth-order valence-electron chi connectivity index (χ4n) is 1.45. The summed E-state index contributed by atoms with van der Waals surface area (Å²) in [6.45, 7) is 2.18. The summed E-state index contributed by atoms with van der Waals surface area (Å²) >= 11 is 6.50. The Bertz CT molecular complexity index is 308. The molecule has 13 heavy (non-hydrogen) atoms. The zero-order valence-electron chi connectivity index (χ0n) is 7.35. The molecule has 0 unspecified atom stereocenters. The van der Waals surface area contributed by atoms with Crippen LogP contribution in [-0.2, 0) is 21.4 Å². The number of hydrogen-bond donors (Lipinski definition) is 0. The summed E-state index contributed by atoms with van der Waals surface area (Å²) in [5.41, 5.74) is 4.35. The van der Waals surface area contributed by atoms with Gasteiger partial charge in [0.15, 0.2) is 0 Å². The normalized spacial score (nSPS) is 12.4. The van der Waals surface area contributed by atoms with Crippen LogP contribution in [0, 0.1) is 0 Å². The van der Waals surface area contributed by atoms with Crippen molar-refractivity contribution in [1.82, 2.24) is 0 Å². The van der Waals surface area contributed by atoms with Gasteiger partial charge in [-0.3, -0.25) is 0 Å². The predicted octanol–water partition coefficient (Wildman–Crippen LogP) is 4.33. The summed E-state index contributed by atoms with van der Waals surface area (Å²) in [6.07, 6.45) is 3.41. The summed E-state index contributed by atoms with van der Waals surface area (Å²) in [5.74, 6) is 0. The molecule has 68 valence electrons. The SMILES string of the molecule is CC1=Cc2ccccc2C1.[Br][Ti][Br]. The molecular weight excluding hydrogens is 328 g/mol. The summed E-state index contributed by atoms with van der Waals surface area (Å²) in [4.78, 5) is 0. The van der Waals surface area contributed by atoms with Gasteiger partial charge in [-0.05, 0) is 24.5 Å². The molecule has 1 aliphatic carbocycles. The number of hydrogen-bond acceptors (Lipinski definition) is 0. The van der Waals surface area contributed by atoms with Gasteiger partial charge in [0.05, 0.1) is 0 Å². The molecule has 0 fully saturated rings. The fraction of sp³-hybridized carbons (Fsp3) is 0.200. The van der Waals surface area contributed by atoms with Crippen LogP contribution in [0.5, 0.6) is 0 Å².